The maximum Gasteiger partial charge on any atom is 0.220 e. The number of carbonyl (C=O) groups excluding carboxylic acids is 1. The highest BCUT2D eigenvalue weighted by Gasteiger charge is 2.24. The number of nitrogens with one attached hydrogen (secondary N) is 1. The van der Waals surface area contributed by atoms with Crippen LogP contribution in [0.2, 0.25) is 0 Å². The summed E-state index contributed by atoms with van der Waals surface area (Å²) in [6.07, 6.45) is 0.230. The molecule has 1 amide bonds. The summed E-state index contributed by atoms with van der Waals surface area (Å²) in [6, 6.07) is 0. The van der Waals surface area contributed by atoms with E-state index < -0.39 is 6.10 Å². The van der Waals surface area contributed by atoms with Gasteiger partial charge >= 0.3 is 0 Å². The predicted molar refractivity (Wildman–Crippen MR) is 38.8 cm³/mol. The van der Waals surface area contributed by atoms with Crippen molar-refractivity contribution in [2.45, 2.75) is 18.9 Å². The second-order valence-corrected chi connectivity index (χ2v) is 2.85. The molecule has 11 heavy (non-hydrogen) atoms. The van der Waals surface area contributed by atoms with Crippen molar-refractivity contribution in [1.29, 1.82) is 0 Å². The van der Waals surface area contributed by atoms with Crippen LogP contribution in [0.5, 0.6) is 0 Å². The minimum Gasteiger partial charge on any atom is -0.396 e. The Morgan fingerprint density at radius 2 is 2.36 bits per heavy atom. The van der Waals surface area contributed by atoms with Gasteiger partial charge in [0.1, 0.15) is 0 Å². The molecule has 2 unspecified atom stereocenters. The summed E-state index contributed by atoms with van der Waals surface area (Å²) < 4.78 is 0. The monoisotopic (exact) mass is 159 g/mol. The second-order valence-electron chi connectivity index (χ2n) is 2.85. The minimum atomic E-state index is -0.543. The average molecular weight is 159 g/mol. The van der Waals surface area contributed by atoms with Crippen molar-refractivity contribution in [3.05, 3.63) is 0 Å². The zero-order valence-corrected chi connectivity index (χ0v) is 6.29. The third kappa shape index (κ3) is 2.17. The Kier molecular flexibility index (Phi) is 2.84. The first-order valence-electron chi connectivity index (χ1n) is 3.79. The summed E-state index contributed by atoms with van der Waals surface area (Å²) in [4.78, 5) is 10.9. The molecule has 0 aliphatic carbocycles. The average Bonchev–Trinajstić information content (AvgIpc) is 2.13. The summed E-state index contributed by atoms with van der Waals surface area (Å²) in [5, 5.41) is 20.7. The van der Waals surface area contributed by atoms with Gasteiger partial charge in [0, 0.05) is 25.5 Å². The first-order valence-corrected chi connectivity index (χ1v) is 3.79. The fourth-order valence-electron chi connectivity index (χ4n) is 1.23. The molecule has 0 saturated carbocycles. The smallest absolute Gasteiger partial charge is 0.220 e. The zero-order valence-electron chi connectivity index (χ0n) is 6.29. The van der Waals surface area contributed by atoms with Gasteiger partial charge in [-0.15, -0.1) is 0 Å². The van der Waals surface area contributed by atoms with Crippen molar-refractivity contribution in [3.63, 3.8) is 0 Å². The van der Waals surface area contributed by atoms with Gasteiger partial charge in [0.15, 0.2) is 0 Å². The Bertz CT molecular complexity index is 149. The molecule has 64 valence electrons. The van der Waals surface area contributed by atoms with Crippen molar-refractivity contribution < 1.29 is 15.0 Å². The summed E-state index contributed by atoms with van der Waals surface area (Å²) >= 11 is 0. The Balaban J connectivity index is 2.52. The zero-order chi connectivity index (χ0) is 8.27. The highest BCUT2D eigenvalue weighted by Crippen LogP contribution is 2.13. The number of aliphatic hydroxyl groups is 2. The highest BCUT2D eigenvalue weighted by atomic mass is 16.3. The molecule has 1 saturated heterocycles. The number of aliphatic hydroxyl groups excluding tert-OH is 2. The Hall–Kier alpha value is -0.610. The summed E-state index contributed by atoms with van der Waals surface area (Å²) in [5.41, 5.74) is 0. The maximum absolute atomic E-state index is 10.9. The van der Waals surface area contributed by atoms with E-state index in [1.54, 1.807) is 0 Å². The first-order chi connectivity index (χ1) is 5.24. The molecule has 0 radical (unpaired) electrons. The molecule has 1 aliphatic rings. The van der Waals surface area contributed by atoms with Crippen LogP contribution in [-0.2, 0) is 4.79 Å². The fraction of sp³-hybridized carbons (Fsp3) is 0.857. The lowest BCUT2D eigenvalue weighted by Crippen LogP contribution is -2.24. The molecule has 1 aliphatic heterocycles. The van der Waals surface area contributed by atoms with Crippen LogP contribution in [0.15, 0.2) is 0 Å². The largest absolute Gasteiger partial charge is 0.396 e. The molecular formula is C7H13NO3. The van der Waals surface area contributed by atoms with Crippen molar-refractivity contribution in [3.8, 4) is 0 Å². The molecule has 3 N–H and O–H groups in total. The van der Waals surface area contributed by atoms with Crippen molar-refractivity contribution in [2.75, 3.05) is 13.2 Å². The Labute approximate surface area is 65.2 Å². The number of rotatable bonds is 1. The van der Waals surface area contributed by atoms with E-state index in [2.05, 4.69) is 5.32 Å². The van der Waals surface area contributed by atoms with Gasteiger partial charge in [-0.25, -0.2) is 0 Å². The van der Waals surface area contributed by atoms with Crippen molar-refractivity contribution in [2.24, 2.45) is 5.92 Å². The van der Waals surface area contributed by atoms with E-state index in [-0.39, 0.29) is 24.9 Å². The molecule has 0 bridgehead atoms. The minimum absolute atomic E-state index is 0.0828. The summed E-state index contributed by atoms with van der Waals surface area (Å²) in [6.45, 7) is 0.394. The quantitative estimate of drug-likeness (QED) is 0.453. The van der Waals surface area contributed by atoms with Crippen LogP contribution < -0.4 is 5.32 Å². The fourth-order valence-corrected chi connectivity index (χ4v) is 1.23. The Morgan fingerprint density at radius 3 is 3.00 bits per heavy atom. The third-order valence-electron chi connectivity index (χ3n) is 1.99. The molecule has 0 spiro atoms. The first kappa shape index (κ1) is 8.49. The lowest BCUT2D eigenvalue weighted by atomic mass is 9.98. The van der Waals surface area contributed by atoms with Gasteiger partial charge in [-0.05, 0) is 6.42 Å². The lowest BCUT2D eigenvalue weighted by molar-refractivity contribution is -0.122. The molecule has 1 heterocycles. The molecule has 1 rings (SSSR count). The van der Waals surface area contributed by atoms with Crippen LogP contribution in [0.4, 0.5) is 0 Å². The third-order valence-corrected chi connectivity index (χ3v) is 1.99. The van der Waals surface area contributed by atoms with E-state index in [1.165, 1.54) is 0 Å². The van der Waals surface area contributed by atoms with Gasteiger partial charge in [0.25, 0.3) is 0 Å². The predicted octanol–water partition coefficient (Wildman–Crippen LogP) is -1.13. The van der Waals surface area contributed by atoms with Gasteiger partial charge in [0.05, 0.1) is 6.10 Å². The Morgan fingerprint density at radius 1 is 1.64 bits per heavy atom. The van der Waals surface area contributed by atoms with E-state index in [4.69, 9.17) is 5.11 Å². The topological polar surface area (TPSA) is 69.6 Å². The van der Waals surface area contributed by atoms with Crippen LogP contribution in [0, 0.1) is 5.92 Å². The second kappa shape index (κ2) is 3.69. The van der Waals surface area contributed by atoms with Crippen LogP contribution in [0.25, 0.3) is 0 Å². The van der Waals surface area contributed by atoms with E-state index in [0.29, 0.717) is 13.0 Å². The van der Waals surface area contributed by atoms with Gasteiger partial charge in [-0.2, -0.15) is 0 Å². The molecule has 2 atom stereocenters. The van der Waals surface area contributed by atoms with Gasteiger partial charge < -0.3 is 15.5 Å². The van der Waals surface area contributed by atoms with Crippen LogP contribution in [0.3, 0.4) is 0 Å². The van der Waals surface area contributed by atoms with E-state index in [0.717, 1.165) is 0 Å². The molecule has 0 aromatic heterocycles. The van der Waals surface area contributed by atoms with Gasteiger partial charge in [-0.3, -0.25) is 4.79 Å². The van der Waals surface area contributed by atoms with Crippen LogP contribution in [-0.4, -0.2) is 35.4 Å². The van der Waals surface area contributed by atoms with Crippen molar-refractivity contribution >= 4 is 5.91 Å². The number of carbonyl (C=O) groups is 1. The van der Waals surface area contributed by atoms with Crippen molar-refractivity contribution in [1.82, 2.24) is 5.32 Å². The molecule has 4 heteroatoms. The van der Waals surface area contributed by atoms with Gasteiger partial charge in [-0.1, -0.05) is 0 Å². The number of amides is 1. The van der Waals surface area contributed by atoms with E-state index >= 15 is 0 Å². The van der Waals surface area contributed by atoms with E-state index in [1.807, 2.05) is 0 Å². The van der Waals surface area contributed by atoms with Gasteiger partial charge in [0.2, 0.25) is 5.91 Å². The number of hydrogen-bond donors (Lipinski definition) is 3. The standard InChI is InChI=1S/C7H13NO3/c9-4-5-3-7(11)8-2-1-6(5)10/h5-6,9-10H,1-4H2,(H,8,11). The lowest BCUT2D eigenvalue weighted by Gasteiger charge is -2.15. The van der Waals surface area contributed by atoms with Crippen LogP contribution >= 0.6 is 0 Å². The molecular weight excluding hydrogens is 146 g/mol. The summed E-state index contributed by atoms with van der Waals surface area (Å²) in [5.74, 6) is -0.363. The maximum atomic E-state index is 10.9. The highest BCUT2D eigenvalue weighted by molar-refractivity contribution is 5.76. The molecule has 1 fully saturated rings. The van der Waals surface area contributed by atoms with E-state index in [9.17, 15) is 9.90 Å². The molecule has 0 aromatic rings. The SMILES string of the molecule is O=C1CC(CO)C(O)CCN1. The summed E-state index contributed by atoms with van der Waals surface area (Å²) in [7, 11) is 0. The molecule has 4 nitrogen and oxygen atoms in total. The van der Waals surface area contributed by atoms with Crippen LogP contribution in [0.1, 0.15) is 12.8 Å². The normalized spacial score (nSPS) is 32.7. The number of hydrogen-bond acceptors (Lipinski definition) is 3. The molecule has 0 aromatic carbocycles.